The number of halogens is 1. The molecule has 5 nitrogen and oxygen atoms in total. The lowest BCUT2D eigenvalue weighted by Crippen LogP contribution is -2.36. The number of methoxy groups -OCH3 is 1. The van der Waals surface area contributed by atoms with Crippen molar-refractivity contribution in [3.63, 3.8) is 0 Å². The van der Waals surface area contributed by atoms with Gasteiger partial charge in [0.25, 0.3) is 0 Å². The van der Waals surface area contributed by atoms with Gasteiger partial charge < -0.3 is 20.1 Å². The van der Waals surface area contributed by atoms with E-state index in [1.807, 2.05) is 31.2 Å². The Hall–Kier alpha value is -2.40. The van der Waals surface area contributed by atoms with Crippen LogP contribution in [-0.2, 0) is 13.1 Å². The van der Waals surface area contributed by atoms with E-state index in [-0.39, 0.29) is 0 Å². The third kappa shape index (κ3) is 5.30. The van der Waals surface area contributed by atoms with E-state index in [1.165, 1.54) is 11.1 Å². The second-order valence-electron chi connectivity index (χ2n) is 5.75. The normalized spacial score (nSPS) is 11.2. The van der Waals surface area contributed by atoms with Crippen LogP contribution in [0.25, 0.3) is 0 Å². The smallest absolute Gasteiger partial charge is 0.191 e. The van der Waals surface area contributed by atoms with Gasteiger partial charge in [0.15, 0.2) is 17.5 Å². The Bertz CT molecular complexity index is 763. The van der Waals surface area contributed by atoms with Gasteiger partial charge in [0, 0.05) is 20.1 Å². The zero-order valence-electron chi connectivity index (χ0n) is 15.7. The Balaban J connectivity index is 2.00. The van der Waals surface area contributed by atoms with Crippen LogP contribution < -0.4 is 20.1 Å². The minimum absolute atomic E-state index is 0.531. The Morgan fingerprint density at radius 3 is 2.54 bits per heavy atom. The molecule has 0 fully saturated rings. The topological polar surface area (TPSA) is 54.9 Å². The molecule has 0 saturated carbocycles. The summed E-state index contributed by atoms with van der Waals surface area (Å²) in [6, 6.07) is 12.1. The first-order valence-electron chi connectivity index (χ1n) is 8.57. The van der Waals surface area contributed by atoms with Gasteiger partial charge in [-0.05, 0) is 42.7 Å². The highest BCUT2D eigenvalue weighted by atomic mass is 35.5. The molecule has 0 amide bonds. The monoisotopic (exact) mass is 375 g/mol. The van der Waals surface area contributed by atoms with Crippen molar-refractivity contribution in [2.75, 3.05) is 20.8 Å². The van der Waals surface area contributed by atoms with Gasteiger partial charge in [0.05, 0.1) is 18.7 Å². The van der Waals surface area contributed by atoms with Crippen LogP contribution in [0.4, 0.5) is 0 Å². The summed E-state index contributed by atoms with van der Waals surface area (Å²) in [4.78, 5) is 4.27. The highest BCUT2D eigenvalue weighted by Crippen LogP contribution is 2.36. The first-order valence-corrected chi connectivity index (χ1v) is 8.95. The molecule has 0 aliphatic rings. The van der Waals surface area contributed by atoms with Gasteiger partial charge in [-0.2, -0.15) is 0 Å². The van der Waals surface area contributed by atoms with E-state index in [0.29, 0.717) is 36.2 Å². The molecule has 2 aromatic carbocycles. The van der Waals surface area contributed by atoms with Gasteiger partial charge >= 0.3 is 0 Å². The second-order valence-corrected chi connectivity index (χ2v) is 6.16. The number of aliphatic imine (C=N–C) groups is 1. The number of benzene rings is 2. The minimum Gasteiger partial charge on any atom is -0.493 e. The summed E-state index contributed by atoms with van der Waals surface area (Å²) in [6.07, 6.45) is 0. The van der Waals surface area contributed by atoms with Crippen LogP contribution in [0.2, 0.25) is 5.02 Å². The van der Waals surface area contributed by atoms with Gasteiger partial charge in [0.1, 0.15) is 0 Å². The summed E-state index contributed by atoms with van der Waals surface area (Å²) in [5.41, 5.74) is 3.47. The fourth-order valence-electron chi connectivity index (χ4n) is 2.55. The summed E-state index contributed by atoms with van der Waals surface area (Å²) < 4.78 is 10.9. The molecule has 0 heterocycles. The molecule has 0 aromatic heterocycles. The van der Waals surface area contributed by atoms with Crippen LogP contribution in [-0.4, -0.2) is 26.7 Å². The second kappa shape index (κ2) is 9.92. The van der Waals surface area contributed by atoms with Gasteiger partial charge in [-0.15, -0.1) is 0 Å². The summed E-state index contributed by atoms with van der Waals surface area (Å²) in [7, 11) is 3.35. The van der Waals surface area contributed by atoms with Crippen LogP contribution in [0, 0.1) is 6.92 Å². The average molecular weight is 376 g/mol. The zero-order valence-corrected chi connectivity index (χ0v) is 16.5. The molecule has 0 atom stereocenters. The van der Waals surface area contributed by atoms with Crippen LogP contribution >= 0.6 is 11.6 Å². The van der Waals surface area contributed by atoms with Crippen molar-refractivity contribution in [1.29, 1.82) is 0 Å². The predicted octanol–water partition coefficient (Wildman–Crippen LogP) is 3.92. The maximum Gasteiger partial charge on any atom is 0.191 e. The van der Waals surface area contributed by atoms with E-state index >= 15 is 0 Å². The molecule has 2 aromatic rings. The molecule has 0 aliphatic heterocycles. The summed E-state index contributed by atoms with van der Waals surface area (Å²) in [6.45, 7) is 5.82. The molecule has 140 valence electrons. The van der Waals surface area contributed by atoms with Crippen molar-refractivity contribution in [2.45, 2.75) is 26.9 Å². The summed E-state index contributed by atoms with van der Waals surface area (Å²) in [5.74, 6) is 1.92. The highest BCUT2D eigenvalue weighted by Gasteiger charge is 2.12. The minimum atomic E-state index is 0.531. The van der Waals surface area contributed by atoms with Gasteiger partial charge in [-0.1, -0.05) is 35.9 Å². The maximum atomic E-state index is 6.32. The molecule has 0 radical (unpaired) electrons. The Labute approximate surface area is 160 Å². The van der Waals surface area contributed by atoms with E-state index in [2.05, 4.69) is 34.7 Å². The zero-order chi connectivity index (χ0) is 18.9. The number of rotatable bonds is 7. The lowest BCUT2D eigenvalue weighted by molar-refractivity contribution is 0.311. The number of hydrogen-bond acceptors (Lipinski definition) is 3. The van der Waals surface area contributed by atoms with Crippen molar-refractivity contribution in [3.8, 4) is 11.5 Å². The van der Waals surface area contributed by atoms with E-state index in [4.69, 9.17) is 21.1 Å². The van der Waals surface area contributed by atoms with Gasteiger partial charge in [-0.3, -0.25) is 4.99 Å². The van der Waals surface area contributed by atoms with Crippen molar-refractivity contribution in [3.05, 3.63) is 58.1 Å². The van der Waals surface area contributed by atoms with Crippen LogP contribution in [0.1, 0.15) is 23.6 Å². The number of nitrogens with one attached hydrogen (secondary N) is 2. The number of hydrogen-bond donors (Lipinski definition) is 2. The SMILES string of the molecule is CCOc1c(Cl)cc(CNC(=NC)NCc2ccccc2C)cc1OC. The average Bonchev–Trinajstić information content (AvgIpc) is 2.65. The number of aryl methyl sites for hydroxylation is 1. The van der Waals surface area contributed by atoms with Crippen molar-refractivity contribution >= 4 is 17.6 Å². The Morgan fingerprint density at radius 1 is 1.15 bits per heavy atom. The summed E-state index contributed by atoms with van der Waals surface area (Å²) >= 11 is 6.32. The van der Waals surface area contributed by atoms with E-state index in [0.717, 1.165) is 11.5 Å². The van der Waals surface area contributed by atoms with Crippen LogP contribution in [0.5, 0.6) is 11.5 Å². The lowest BCUT2D eigenvalue weighted by atomic mass is 10.1. The first-order chi connectivity index (χ1) is 12.6. The predicted molar refractivity (Wildman–Crippen MR) is 107 cm³/mol. The van der Waals surface area contributed by atoms with Gasteiger partial charge in [-0.25, -0.2) is 0 Å². The molecule has 6 heteroatoms. The standard InChI is InChI=1S/C20H26ClN3O2/c1-5-26-19-17(21)10-15(11-18(19)25-4)12-23-20(22-3)24-13-16-9-7-6-8-14(16)2/h6-11H,5,12-13H2,1-4H3,(H2,22,23,24). The van der Waals surface area contributed by atoms with E-state index in [1.54, 1.807) is 14.2 Å². The van der Waals surface area contributed by atoms with Crippen LogP contribution in [0.3, 0.4) is 0 Å². The quantitative estimate of drug-likeness (QED) is 0.569. The Morgan fingerprint density at radius 2 is 1.88 bits per heavy atom. The molecule has 2 N–H and O–H groups in total. The molecule has 0 saturated heterocycles. The number of nitrogens with zero attached hydrogens (tertiary/aromatic N) is 1. The van der Waals surface area contributed by atoms with E-state index < -0.39 is 0 Å². The number of guanidine groups is 1. The molecule has 0 aliphatic carbocycles. The van der Waals surface area contributed by atoms with Crippen LogP contribution in [0.15, 0.2) is 41.4 Å². The van der Waals surface area contributed by atoms with Gasteiger partial charge in [0.2, 0.25) is 0 Å². The third-order valence-corrected chi connectivity index (χ3v) is 4.25. The summed E-state index contributed by atoms with van der Waals surface area (Å²) in [5, 5.41) is 7.14. The fraction of sp³-hybridized carbons (Fsp3) is 0.350. The first kappa shape index (κ1) is 19.9. The largest absolute Gasteiger partial charge is 0.493 e. The molecule has 2 rings (SSSR count). The molecule has 0 unspecified atom stereocenters. The lowest BCUT2D eigenvalue weighted by Gasteiger charge is -2.15. The van der Waals surface area contributed by atoms with E-state index in [9.17, 15) is 0 Å². The van der Waals surface area contributed by atoms with Crippen molar-refractivity contribution < 1.29 is 9.47 Å². The fourth-order valence-corrected chi connectivity index (χ4v) is 2.84. The maximum absolute atomic E-state index is 6.32. The molecular formula is C20H26ClN3O2. The highest BCUT2D eigenvalue weighted by molar-refractivity contribution is 6.32. The van der Waals surface area contributed by atoms with Crippen molar-refractivity contribution in [1.82, 2.24) is 10.6 Å². The molecule has 0 bridgehead atoms. The number of ether oxygens (including phenoxy) is 2. The molecular weight excluding hydrogens is 350 g/mol. The Kier molecular flexibility index (Phi) is 7.60. The molecule has 26 heavy (non-hydrogen) atoms. The molecule has 0 spiro atoms. The third-order valence-electron chi connectivity index (χ3n) is 3.97. The van der Waals surface area contributed by atoms with Crippen molar-refractivity contribution in [2.24, 2.45) is 4.99 Å².